The van der Waals surface area contributed by atoms with E-state index >= 15 is 0 Å². The molecule has 0 bridgehead atoms. The molecular formula is C15H13F5N2O5. The zero-order valence-electron chi connectivity index (χ0n) is 13.7. The summed E-state index contributed by atoms with van der Waals surface area (Å²) >= 11 is 0. The van der Waals surface area contributed by atoms with Crippen LogP contribution in [0.4, 0.5) is 32.4 Å². The average molecular weight is 396 g/mol. The number of Topliss-reactive ketones (excluding diaryl/α,β-unsaturated/α-hetero) is 1. The summed E-state index contributed by atoms with van der Waals surface area (Å²) < 4.78 is 71.6. The van der Waals surface area contributed by atoms with Gasteiger partial charge in [0.2, 0.25) is 0 Å². The number of carbonyl (C=O) groups is 3. The number of ether oxygens (including phenoxy) is 2. The maximum Gasteiger partial charge on any atom is 0.461 e. The Bertz CT molecular complexity index is 767. The van der Waals surface area contributed by atoms with E-state index in [1.807, 2.05) is 5.32 Å². The van der Waals surface area contributed by atoms with E-state index in [0.717, 1.165) is 7.11 Å². The Labute approximate surface area is 148 Å². The highest BCUT2D eigenvalue weighted by Gasteiger charge is 2.54. The van der Waals surface area contributed by atoms with Crippen LogP contribution in [0.1, 0.15) is 12.8 Å². The van der Waals surface area contributed by atoms with Gasteiger partial charge in [0, 0.05) is 17.8 Å². The number of hydrogen-bond acceptors (Lipinski definition) is 5. The van der Waals surface area contributed by atoms with Gasteiger partial charge in [-0.05, 0) is 18.9 Å². The van der Waals surface area contributed by atoms with Gasteiger partial charge in [-0.1, -0.05) is 0 Å². The van der Waals surface area contributed by atoms with E-state index in [1.165, 1.54) is 0 Å². The van der Waals surface area contributed by atoms with Crippen molar-refractivity contribution in [2.75, 3.05) is 12.4 Å². The van der Waals surface area contributed by atoms with Crippen LogP contribution >= 0.6 is 0 Å². The molecule has 0 aromatic heterocycles. The van der Waals surface area contributed by atoms with Gasteiger partial charge in [-0.3, -0.25) is 4.79 Å². The highest BCUT2D eigenvalue weighted by molar-refractivity contribution is 6.38. The van der Waals surface area contributed by atoms with Gasteiger partial charge >= 0.3 is 24.5 Å². The molecule has 0 unspecified atom stereocenters. The first kappa shape index (κ1) is 20.4. The highest BCUT2D eigenvalue weighted by atomic mass is 19.3. The normalized spacial score (nSPS) is 15.1. The molecule has 148 valence electrons. The molecule has 1 aliphatic rings. The Morgan fingerprint density at radius 2 is 1.81 bits per heavy atom. The van der Waals surface area contributed by atoms with Crippen molar-refractivity contribution in [1.82, 2.24) is 5.32 Å². The largest absolute Gasteiger partial charge is 0.463 e. The molecule has 0 saturated heterocycles. The van der Waals surface area contributed by atoms with Crippen molar-refractivity contribution in [2.24, 2.45) is 0 Å². The molecule has 2 rings (SSSR count). The number of halogens is 5. The predicted octanol–water partition coefficient (Wildman–Crippen LogP) is 2.46. The number of ketones is 1. The molecule has 12 heteroatoms. The lowest BCUT2D eigenvalue weighted by Crippen LogP contribution is -2.48. The second-order valence-corrected chi connectivity index (χ2v) is 5.62. The molecular weight excluding hydrogens is 383 g/mol. The fraction of sp³-hybridized carbons (Fsp3) is 0.400. The number of carbonyl (C=O) groups excluding carboxylic acids is 3. The number of amides is 2. The fourth-order valence-electron chi connectivity index (χ4n) is 2.10. The second-order valence-electron chi connectivity index (χ2n) is 5.62. The molecule has 1 aliphatic carbocycles. The summed E-state index contributed by atoms with van der Waals surface area (Å²) in [6.07, 6.45) is -8.70. The lowest BCUT2D eigenvalue weighted by molar-refractivity contribution is -0.253. The topological polar surface area (TPSA) is 93.7 Å². The number of alkyl halides is 4. The van der Waals surface area contributed by atoms with E-state index in [1.54, 1.807) is 0 Å². The zero-order chi connectivity index (χ0) is 20.4. The molecule has 1 fully saturated rings. The summed E-state index contributed by atoms with van der Waals surface area (Å²) in [6.45, 7) is 0. The van der Waals surface area contributed by atoms with Gasteiger partial charge in [0.15, 0.2) is 0 Å². The summed E-state index contributed by atoms with van der Waals surface area (Å²) in [5.41, 5.74) is -1.87. The second kappa shape index (κ2) is 7.37. The number of anilines is 1. The SMILES string of the molecule is COC(=O)C(=O)C1(NC(=O)Nc2cc(F)cc(OC(F)(F)C(F)F)c2)CC1. The van der Waals surface area contributed by atoms with Gasteiger partial charge < -0.3 is 20.1 Å². The summed E-state index contributed by atoms with van der Waals surface area (Å²) in [5.74, 6) is -4.26. The maximum absolute atomic E-state index is 13.5. The summed E-state index contributed by atoms with van der Waals surface area (Å²) in [4.78, 5) is 35.0. The van der Waals surface area contributed by atoms with E-state index in [0.29, 0.717) is 18.2 Å². The molecule has 1 saturated carbocycles. The number of methoxy groups -OCH3 is 1. The van der Waals surface area contributed by atoms with Gasteiger partial charge in [0.25, 0.3) is 5.78 Å². The third-order valence-corrected chi connectivity index (χ3v) is 3.55. The van der Waals surface area contributed by atoms with E-state index in [2.05, 4.69) is 14.8 Å². The number of hydrogen-bond donors (Lipinski definition) is 2. The van der Waals surface area contributed by atoms with E-state index in [4.69, 9.17) is 0 Å². The molecule has 0 spiro atoms. The quantitative estimate of drug-likeness (QED) is 0.420. The van der Waals surface area contributed by atoms with Crippen molar-refractivity contribution >= 4 is 23.5 Å². The monoisotopic (exact) mass is 396 g/mol. The van der Waals surface area contributed by atoms with Gasteiger partial charge in [0.05, 0.1) is 7.11 Å². The molecule has 0 aliphatic heterocycles. The number of benzene rings is 1. The number of rotatable bonds is 7. The molecule has 0 heterocycles. The molecule has 2 N–H and O–H groups in total. The molecule has 2 amide bonds. The van der Waals surface area contributed by atoms with Crippen LogP contribution in [0.3, 0.4) is 0 Å². The number of urea groups is 1. The van der Waals surface area contributed by atoms with E-state index in [-0.39, 0.29) is 12.8 Å². The lowest BCUT2D eigenvalue weighted by atomic mass is 10.1. The van der Waals surface area contributed by atoms with Crippen LogP contribution < -0.4 is 15.4 Å². The smallest absolute Gasteiger partial charge is 0.461 e. The Kier molecular flexibility index (Phi) is 5.56. The minimum absolute atomic E-state index is 0.159. The Hall–Kier alpha value is -2.92. The summed E-state index contributed by atoms with van der Waals surface area (Å²) in [7, 11) is 0.986. The summed E-state index contributed by atoms with van der Waals surface area (Å²) in [6, 6.07) is 0.750. The van der Waals surface area contributed by atoms with Crippen molar-refractivity contribution in [3.05, 3.63) is 24.0 Å². The molecule has 27 heavy (non-hydrogen) atoms. The van der Waals surface area contributed by atoms with Gasteiger partial charge in [-0.15, -0.1) is 0 Å². The van der Waals surface area contributed by atoms with Crippen LogP contribution in [0.2, 0.25) is 0 Å². The maximum atomic E-state index is 13.5. The first-order valence-corrected chi connectivity index (χ1v) is 7.36. The van der Waals surface area contributed by atoms with Crippen molar-refractivity contribution in [3.8, 4) is 5.75 Å². The van der Waals surface area contributed by atoms with Crippen molar-refractivity contribution in [3.63, 3.8) is 0 Å². The Morgan fingerprint density at radius 3 is 2.33 bits per heavy atom. The van der Waals surface area contributed by atoms with Gasteiger partial charge in [0.1, 0.15) is 17.1 Å². The number of nitrogens with one attached hydrogen (secondary N) is 2. The Morgan fingerprint density at radius 1 is 1.19 bits per heavy atom. The lowest BCUT2D eigenvalue weighted by Gasteiger charge is -2.18. The van der Waals surface area contributed by atoms with E-state index in [9.17, 15) is 36.3 Å². The fourth-order valence-corrected chi connectivity index (χ4v) is 2.10. The third-order valence-electron chi connectivity index (χ3n) is 3.55. The first-order chi connectivity index (χ1) is 12.5. The van der Waals surface area contributed by atoms with Crippen LogP contribution in [0.5, 0.6) is 5.75 Å². The minimum atomic E-state index is -4.86. The third kappa shape index (κ3) is 4.83. The average Bonchev–Trinajstić information content (AvgIpc) is 3.32. The zero-order valence-corrected chi connectivity index (χ0v) is 13.7. The van der Waals surface area contributed by atoms with Crippen molar-refractivity contribution in [2.45, 2.75) is 30.9 Å². The van der Waals surface area contributed by atoms with E-state index < -0.39 is 53.1 Å². The van der Waals surface area contributed by atoms with Crippen LogP contribution in [0, 0.1) is 5.82 Å². The predicted molar refractivity (Wildman–Crippen MR) is 79.1 cm³/mol. The van der Waals surface area contributed by atoms with Crippen LogP contribution in [-0.4, -0.2) is 43.0 Å². The number of esters is 1. The van der Waals surface area contributed by atoms with Crippen molar-refractivity contribution in [1.29, 1.82) is 0 Å². The Balaban J connectivity index is 2.08. The molecule has 7 nitrogen and oxygen atoms in total. The standard InChI is InChI=1S/C15H13F5N2O5/c1-26-11(24)10(23)14(2-3-14)22-13(25)21-8-4-7(16)5-9(6-8)27-15(19,20)12(17)18/h4-6,12H,2-3H2,1H3,(H2,21,22,25). The van der Waals surface area contributed by atoms with Crippen molar-refractivity contribution < 1.29 is 45.8 Å². The first-order valence-electron chi connectivity index (χ1n) is 7.36. The van der Waals surface area contributed by atoms with Crippen LogP contribution in [0.15, 0.2) is 18.2 Å². The van der Waals surface area contributed by atoms with Crippen LogP contribution in [0.25, 0.3) is 0 Å². The van der Waals surface area contributed by atoms with Gasteiger partial charge in [-0.2, -0.15) is 17.6 Å². The molecule has 0 radical (unpaired) electrons. The minimum Gasteiger partial charge on any atom is -0.463 e. The van der Waals surface area contributed by atoms with Crippen LogP contribution in [-0.2, 0) is 14.3 Å². The molecule has 1 aromatic rings. The highest BCUT2D eigenvalue weighted by Crippen LogP contribution is 2.37. The molecule has 0 atom stereocenters. The summed E-state index contributed by atoms with van der Waals surface area (Å²) in [5, 5.41) is 4.24. The molecule has 1 aromatic carbocycles. The van der Waals surface area contributed by atoms with Gasteiger partial charge in [-0.25, -0.2) is 14.0 Å².